The summed E-state index contributed by atoms with van der Waals surface area (Å²) in [6, 6.07) is 8.30. The second kappa shape index (κ2) is 6.70. The Labute approximate surface area is 122 Å². The highest BCUT2D eigenvalue weighted by Gasteiger charge is 2.25. The molecule has 0 bridgehead atoms. The molecule has 0 aliphatic carbocycles. The van der Waals surface area contributed by atoms with Crippen LogP contribution in [0.15, 0.2) is 24.3 Å². The van der Waals surface area contributed by atoms with Gasteiger partial charge < -0.3 is 5.32 Å². The maximum Gasteiger partial charge on any atom is 0.218 e. The first-order valence-corrected chi connectivity index (χ1v) is 8.87. The van der Waals surface area contributed by atoms with Crippen LogP contribution in [0.4, 0.5) is 0 Å². The van der Waals surface area contributed by atoms with Gasteiger partial charge in [0.25, 0.3) is 0 Å². The van der Waals surface area contributed by atoms with Crippen LogP contribution in [0.3, 0.4) is 0 Å². The summed E-state index contributed by atoms with van der Waals surface area (Å²) in [6.07, 6.45) is 1.97. The number of sulfonamides is 1. The molecule has 4 nitrogen and oxygen atoms in total. The van der Waals surface area contributed by atoms with Gasteiger partial charge >= 0.3 is 0 Å². The molecule has 0 radical (unpaired) electrons. The van der Waals surface area contributed by atoms with Crippen LogP contribution in [0.25, 0.3) is 0 Å². The van der Waals surface area contributed by atoms with E-state index in [0.29, 0.717) is 19.1 Å². The van der Waals surface area contributed by atoms with Gasteiger partial charge in [-0.05, 0) is 24.0 Å². The third-order valence-electron chi connectivity index (χ3n) is 3.54. The zero-order valence-corrected chi connectivity index (χ0v) is 13.1. The SMILES string of the molecule is CC(C)NCc1ccc(CS(=O)(=O)N2CCCC2)cc1. The first-order chi connectivity index (χ1) is 9.47. The second-order valence-electron chi connectivity index (χ2n) is 5.71. The molecule has 0 saturated carbocycles. The Bertz CT molecular complexity index is 517. The molecular formula is C15H24N2O2S. The minimum absolute atomic E-state index is 0.116. The molecule has 1 aromatic carbocycles. The van der Waals surface area contributed by atoms with Crippen LogP contribution in [0.1, 0.15) is 37.8 Å². The van der Waals surface area contributed by atoms with Gasteiger partial charge in [-0.3, -0.25) is 0 Å². The van der Waals surface area contributed by atoms with Gasteiger partial charge in [-0.2, -0.15) is 0 Å². The van der Waals surface area contributed by atoms with E-state index in [1.165, 1.54) is 5.56 Å². The molecule has 5 heteroatoms. The number of hydrogen-bond acceptors (Lipinski definition) is 3. The lowest BCUT2D eigenvalue weighted by Gasteiger charge is -2.15. The van der Waals surface area contributed by atoms with Gasteiger partial charge in [0.05, 0.1) is 5.75 Å². The van der Waals surface area contributed by atoms with Crippen molar-refractivity contribution in [2.75, 3.05) is 13.1 Å². The summed E-state index contributed by atoms with van der Waals surface area (Å²) in [5.74, 6) is 0.116. The fourth-order valence-electron chi connectivity index (χ4n) is 2.34. The predicted octanol–water partition coefficient (Wildman–Crippen LogP) is 2.11. The second-order valence-corrected chi connectivity index (χ2v) is 7.68. The van der Waals surface area contributed by atoms with Gasteiger partial charge in [0.15, 0.2) is 0 Å². The fourth-order valence-corrected chi connectivity index (χ4v) is 3.95. The lowest BCUT2D eigenvalue weighted by molar-refractivity contribution is 0.476. The molecule has 1 saturated heterocycles. The third kappa shape index (κ3) is 4.30. The monoisotopic (exact) mass is 296 g/mol. The first kappa shape index (κ1) is 15.5. The van der Waals surface area contributed by atoms with Crippen LogP contribution in [-0.2, 0) is 22.3 Å². The molecular weight excluding hydrogens is 272 g/mol. The number of nitrogens with zero attached hydrogens (tertiary/aromatic N) is 1. The lowest BCUT2D eigenvalue weighted by atomic mass is 10.1. The van der Waals surface area contributed by atoms with E-state index in [1.54, 1.807) is 4.31 Å². The van der Waals surface area contributed by atoms with Gasteiger partial charge in [-0.25, -0.2) is 12.7 Å². The molecule has 1 heterocycles. The normalized spacial score (nSPS) is 16.9. The minimum Gasteiger partial charge on any atom is -0.310 e. The molecule has 1 fully saturated rings. The van der Waals surface area contributed by atoms with Crippen LogP contribution in [0.5, 0.6) is 0 Å². The van der Waals surface area contributed by atoms with Gasteiger partial charge in [0.2, 0.25) is 10.0 Å². The van der Waals surface area contributed by atoms with Crippen LogP contribution >= 0.6 is 0 Å². The predicted molar refractivity (Wildman–Crippen MR) is 81.8 cm³/mol. The summed E-state index contributed by atoms with van der Waals surface area (Å²) in [6.45, 7) is 6.39. The standard InChI is InChI=1S/C15H24N2O2S/c1-13(2)16-11-14-5-7-15(8-6-14)12-20(18,19)17-9-3-4-10-17/h5-8,13,16H,3-4,9-12H2,1-2H3. The van der Waals surface area contributed by atoms with Crippen molar-refractivity contribution in [1.29, 1.82) is 0 Å². The molecule has 20 heavy (non-hydrogen) atoms. The van der Waals surface area contributed by atoms with Crippen molar-refractivity contribution in [2.45, 2.75) is 45.0 Å². The summed E-state index contributed by atoms with van der Waals surface area (Å²) in [4.78, 5) is 0. The van der Waals surface area contributed by atoms with E-state index in [-0.39, 0.29) is 5.75 Å². The Morgan fingerprint density at radius 1 is 1.10 bits per heavy atom. The largest absolute Gasteiger partial charge is 0.310 e. The van der Waals surface area contributed by atoms with Gasteiger partial charge in [-0.1, -0.05) is 38.1 Å². The highest BCUT2D eigenvalue weighted by molar-refractivity contribution is 7.88. The molecule has 112 valence electrons. The molecule has 0 unspecified atom stereocenters. The summed E-state index contributed by atoms with van der Waals surface area (Å²) < 4.78 is 26.0. The first-order valence-electron chi connectivity index (χ1n) is 7.26. The maximum atomic E-state index is 12.2. The molecule has 0 amide bonds. The zero-order chi connectivity index (χ0) is 14.6. The van der Waals surface area contributed by atoms with Crippen LogP contribution in [0.2, 0.25) is 0 Å². The average molecular weight is 296 g/mol. The van der Waals surface area contributed by atoms with E-state index < -0.39 is 10.0 Å². The highest BCUT2D eigenvalue weighted by Crippen LogP contribution is 2.17. The van der Waals surface area contributed by atoms with Crippen molar-refractivity contribution in [2.24, 2.45) is 0 Å². The summed E-state index contributed by atoms with van der Waals surface area (Å²) >= 11 is 0. The van der Waals surface area contributed by atoms with Crippen molar-refractivity contribution >= 4 is 10.0 Å². The Morgan fingerprint density at radius 2 is 1.65 bits per heavy atom. The molecule has 0 spiro atoms. The van der Waals surface area contributed by atoms with Gasteiger partial charge in [-0.15, -0.1) is 0 Å². The molecule has 2 rings (SSSR count). The third-order valence-corrected chi connectivity index (χ3v) is 5.39. The fraction of sp³-hybridized carbons (Fsp3) is 0.600. The van der Waals surface area contributed by atoms with Crippen LogP contribution < -0.4 is 5.32 Å². The topological polar surface area (TPSA) is 49.4 Å². The average Bonchev–Trinajstić information content (AvgIpc) is 2.92. The van der Waals surface area contributed by atoms with Gasteiger partial charge in [0.1, 0.15) is 0 Å². The van der Waals surface area contributed by atoms with E-state index in [4.69, 9.17) is 0 Å². The number of hydrogen-bond donors (Lipinski definition) is 1. The molecule has 0 aromatic heterocycles. The van der Waals surface area contributed by atoms with Crippen LogP contribution in [0, 0.1) is 0 Å². The highest BCUT2D eigenvalue weighted by atomic mass is 32.2. The van der Waals surface area contributed by atoms with Gasteiger partial charge in [0, 0.05) is 25.7 Å². The zero-order valence-electron chi connectivity index (χ0n) is 12.3. The van der Waals surface area contributed by atoms with Crippen molar-refractivity contribution in [3.05, 3.63) is 35.4 Å². The van der Waals surface area contributed by atoms with E-state index in [1.807, 2.05) is 24.3 Å². The molecule has 0 atom stereocenters. The van der Waals surface area contributed by atoms with E-state index in [0.717, 1.165) is 24.9 Å². The maximum absolute atomic E-state index is 12.2. The van der Waals surface area contributed by atoms with E-state index in [2.05, 4.69) is 19.2 Å². The van der Waals surface area contributed by atoms with Crippen molar-refractivity contribution in [3.8, 4) is 0 Å². The number of nitrogens with one attached hydrogen (secondary N) is 1. The molecule has 1 aliphatic heterocycles. The van der Waals surface area contributed by atoms with E-state index in [9.17, 15) is 8.42 Å². The van der Waals surface area contributed by atoms with Crippen LogP contribution in [-0.4, -0.2) is 31.9 Å². The Balaban J connectivity index is 1.96. The molecule has 1 N–H and O–H groups in total. The van der Waals surface area contributed by atoms with Crippen molar-refractivity contribution in [1.82, 2.24) is 9.62 Å². The minimum atomic E-state index is -3.13. The van der Waals surface area contributed by atoms with Crippen molar-refractivity contribution < 1.29 is 8.42 Å². The lowest BCUT2D eigenvalue weighted by Crippen LogP contribution is -2.29. The van der Waals surface area contributed by atoms with Crippen molar-refractivity contribution in [3.63, 3.8) is 0 Å². The number of rotatable bonds is 6. The Kier molecular flexibility index (Phi) is 5.18. The number of benzene rings is 1. The van der Waals surface area contributed by atoms with E-state index >= 15 is 0 Å². The quantitative estimate of drug-likeness (QED) is 0.874. The smallest absolute Gasteiger partial charge is 0.218 e. The Hall–Kier alpha value is -0.910. The summed E-state index contributed by atoms with van der Waals surface area (Å²) in [7, 11) is -3.13. The summed E-state index contributed by atoms with van der Waals surface area (Å²) in [5, 5.41) is 3.35. The summed E-state index contributed by atoms with van der Waals surface area (Å²) in [5.41, 5.74) is 2.05. The Morgan fingerprint density at radius 3 is 2.20 bits per heavy atom. The molecule has 1 aliphatic rings. The molecule has 1 aromatic rings.